The number of benzene rings is 1. The Hall–Kier alpha value is -1.04. The lowest BCUT2D eigenvalue weighted by Gasteiger charge is -2.17. The van der Waals surface area contributed by atoms with Crippen molar-refractivity contribution in [2.45, 2.75) is 39.5 Å². The van der Waals surface area contributed by atoms with Crippen LogP contribution in [0.15, 0.2) is 24.3 Å². The number of allylic oxidation sites excluding steroid dienone is 2. The molecule has 1 aliphatic rings. The lowest BCUT2D eigenvalue weighted by Crippen LogP contribution is -2.00. The summed E-state index contributed by atoms with van der Waals surface area (Å²) in [4.78, 5) is 0. The fourth-order valence-corrected chi connectivity index (χ4v) is 2.26. The summed E-state index contributed by atoms with van der Waals surface area (Å²) in [6, 6.07) is 6.87. The predicted octanol–water partition coefficient (Wildman–Crippen LogP) is 4.12. The molecule has 0 spiro atoms. The van der Waals surface area contributed by atoms with E-state index in [2.05, 4.69) is 38.1 Å². The van der Waals surface area contributed by atoms with Gasteiger partial charge in [-0.1, -0.05) is 43.2 Å². The van der Waals surface area contributed by atoms with Crippen molar-refractivity contribution in [2.24, 2.45) is 0 Å². The zero-order chi connectivity index (χ0) is 9.97. The Morgan fingerprint density at radius 2 is 2.14 bits per heavy atom. The average molecular weight is 186 g/mol. The van der Waals surface area contributed by atoms with Crippen molar-refractivity contribution in [3.63, 3.8) is 0 Å². The molecule has 0 amide bonds. The van der Waals surface area contributed by atoms with Gasteiger partial charge in [0, 0.05) is 0 Å². The fraction of sp³-hybridized carbons (Fsp3) is 0.429. The van der Waals surface area contributed by atoms with Gasteiger partial charge in [0.1, 0.15) is 0 Å². The van der Waals surface area contributed by atoms with Crippen LogP contribution in [0.25, 0.3) is 5.57 Å². The molecule has 1 aromatic rings. The third-order valence-electron chi connectivity index (χ3n) is 2.93. The van der Waals surface area contributed by atoms with E-state index in [0.29, 0.717) is 0 Å². The average Bonchev–Trinajstić information content (AvgIpc) is 2.18. The maximum absolute atomic E-state index is 2.42. The van der Waals surface area contributed by atoms with Crippen LogP contribution < -0.4 is 0 Å². The Kier molecular flexibility index (Phi) is 2.72. The number of fused-ring (bicyclic) bond motifs is 1. The summed E-state index contributed by atoms with van der Waals surface area (Å²) in [6.07, 6.45) is 7.35. The molecular formula is C14H18. The molecule has 0 radical (unpaired) electrons. The lowest BCUT2D eigenvalue weighted by atomic mass is 9.88. The summed E-state index contributed by atoms with van der Waals surface area (Å²) >= 11 is 0. The Morgan fingerprint density at radius 3 is 2.93 bits per heavy atom. The van der Waals surface area contributed by atoms with Gasteiger partial charge in [0.15, 0.2) is 0 Å². The van der Waals surface area contributed by atoms with Gasteiger partial charge in [0.25, 0.3) is 0 Å². The molecule has 0 N–H and O–H groups in total. The molecule has 0 bridgehead atoms. The first-order valence-corrected chi connectivity index (χ1v) is 5.60. The molecule has 1 aliphatic carbocycles. The molecule has 14 heavy (non-hydrogen) atoms. The maximum Gasteiger partial charge on any atom is -0.0195 e. The van der Waals surface area contributed by atoms with Crippen LogP contribution in [0, 0.1) is 6.92 Å². The minimum atomic E-state index is 1.23. The fourth-order valence-electron chi connectivity index (χ4n) is 2.26. The molecule has 0 unspecified atom stereocenters. The number of hydrogen-bond acceptors (Lipinski definition) is 0. The standard InChI is InChI=1S/C14H18/c1-3-5-12-6-4-7-13-10-11(2)8-9-14(12)13/h6,8-10H,3-5,7H2,1-2H3. The van der Waals surface area contributed by atoms with Crippen molar-refractivity contribution >= 4 is 5.57 Å². The molecule has 0 heteroatoms. The maximum atomic E-state index is 2.42. The summed E-state index contributed by atoms with van der Waals surface area (Å²) in [5, 5.41) is 0. The topological polar surface area (TPSA) is 0 Å². The molecule has 0 aromatic heterocycles. The van der Waals surface area contributed by atoms with Crippen LogP contribution in [0.5, 0.6) is 0 Å². The van der Waals surface area contributed by atoms with Crippen LogP contribution in [0.3, 0.4) is 0 Å². The van der Waals surface area contributed by atoms with Crippen molar-refractivity contribution in [3.05, 3.63) is 41.0 Å². The Labute approximate surface area is 86.7 Å². The SMILES string of the molecule is CCCC1=CCCc2cc(C)ccc21. The van der Waals surface area contributed by atoms with Crippen LogP contribution in [0.4, 0.5) is 0 Å². The van der Waals surface area contributed by atoms with Crippen LogP contribution in [-0.2, 0) is 6.42 Å². The van der Waals surface area contributed by atoms with E-state index in [-0.39, 0.29) is 0 Å². The monoisotopic (exact) mass is 186 g/mol. The molecule has 0 aliphatic heterocycles. The van der Waals surface area contributed by atoms with Gasteiger partial charge in [-0.05, 0) is 42.9 Å². The Bertz CT molecular complexity index is 358. The highest BCUT2D eigenvalue weighted by Gasteiger charge is 2.11. The summed E-state index contributed by atoms with van der Waals surface area (Å²) in [6.45, 7) is 4.43. The first-order valence-electron chi connectivity index (χ1n) is 5.60. The van der Waals surface area contributed by atoms with Crippen molar-refractivity contribution in [3.8, 4) is 0 Å². The van der Waals surface area contributed by atoms with Crippen LogP contribution in [0.1, 0.15) is 42.9 Å². The Morgan fingerprint density at radius 1 is 1.29 bits per heavy atom. The summed E-state index contributed by atoms with van der Waals surface area (Å²) in [5.74, 6) is 0. The van der Waals surface area contributed by atoms with Gasteiger partial charge < -0.3 is 0 Å². The van der Waals surface area contributed by atoms with E-state index in [1.165, 1.54) is 36.8 Å². The highest BCUT2D eigenvalue weighted by Crippen LogP contribution is 2.29. The second-order valence-corrected chi connectivity index (χ2v) is 4.18. The van der Waals surface area contributed by atoms with Crippen LogP contribution in [-0.4, -0.2) is 0 Å². The van der Waals surface area contributed by atoms with Gasteiger partial charge in [0.05, 0.1) is 0 Å². The number of hydrogen-bond donors (Lipinski definition) is 0. The summed E-state index contributed by atoms with van der Waals surface area (Å²) in [7, 11) is 0. The second-order valence-electron chi connectivity index (χ2n) is 4.18. The number of aryl methyl sites for hydroxylation is 2. The van der Waals surface area contributed by atoms with E-state index < -0.39 is 0 Å². The van der Waals surface area contributed by atoms with Gasteiger partial charge in [-0.25, -0.2) is 0 Å². The molecule has 0 nitrogen and oxygen atoms in total. The molecule has 0 saturated carbocycles. The van der Waals surface area contributed by atoms with E-state index in [1.54, 1.807) is 11.1 Å². The van der Waals surface area contributed by atoms with E-state index in [0.717, 1.165) is 0 Å². The summed E-state index contributed by atoms with van der Waals surface area (Å²) < 4.78 is 0. The molecule has 0 fully saturated rings. The van der Waals surface area contributed by atoms with E-state index in [9.17, 15) is 0 Å². The molecule has 0 saturated heterocycles. The van der Waals surface area contributed by atoms with Gasteiger partial charge >= 0.3 is 0 Å². The molecule has 1 aromatic carbocycles. The first-order chi connectivity index (χ1) is 6.81. The van der Waals surface area contributed by atoms with Crippen molar-refractivity contribution in [1.29, 1.82) is 0 Å². The minimum absolute atomic E-state index is 1.23. The van der Waals surface area contributed by atoms with E-state index >= 15 is 0 Å². The zero-order valence-corrected chi connectivity index (χ0v) is 9.14. The van der Waals surface area contributed by atoms with Gasteiger partial charge in [-0.2, -0.15) is 0 Å². The summed E-state index contributed by atoms with van der Waals surface area (Å²) in [5.41, 5.74) is 6.01. The van der Waals surface area contributed by atoms with Gasteiger partial charge in [0.2, 0.25) is 0 Å². The third-order valence-corrected chi connectivity index (χ3v) is 2.93. The highest BCUT2D eigenvalue weighted by molar-refractivity contribution is 5.70. The van der Waals surface area contributed by atoms with Crippen molar-refractivity contribution in [2.75, 3.05) is 0 Å². The number of rotatable bonds is 2. The van der Waals surface area contributed by atoms with Crippen molar-refractivity contribution in [1.82, 2.24) is 0 Å². The molecule has 74 valence electrons. The largest absolute Gasteiger partial charge is 0.0804 e. The van der Waals surface area contributed by atoms with Crippen LogP contribution in [0.2, 0.25) is 0 Å². The molecular weight excluding hydrogens is 168 g/mol. The highest BCUT2D eigenvalue weighted by atomic mass is 14.2. The smallest absolute Gasteiger partial charge is 0.0195 e. The first kappa shape index (κ1) is 9.51. The quantitative estimate of drug-likeness (QED) is 0.651. The predicted molar refractivity (Wildman–Crippen MR) is 62.4 cm³/mol. The minimum Gasteiger partial charge on any atom is -0.0804 e. The zero-order valence-electron chi connectivity index (χ0n) is 9.14. The van der Waals surface area contributed by atoms with E-state index in [1.807, 2.05) is 0 Å². The molecule has 0 heterocycles. The molecule has 0 atom stereocenters. The van der Waals surface area contributed by atoms with Gasteiger partial charge in [-0.3, -0.25) is 0 Å². The molecule has 2 rings (SSSR count). The van der Waals surface area contributed by atoms with Crippen LogP contribution >= 0.6 is 0 Å². The lowest BCUT2D eigenvalue weighted by molar-refractivity contribution is 0.919. The van der Waals surface area contributed by atoms with Gasteiger partial charge in [-0.15, -0.1) is 0 Å². The Balaban J connectivity index is 2.38. The normalized spacial score (nSPS) is 14.9. The second kappa shape index (κ2) is 4.00. The third kappa shape index (κ3) is 1.75. The van der Waals surface area contributed by atoms with E-state index in [4.69, 9.17) is 0 Å². The van der Waals surface area contributed by atoms with Crippen molar-refractivity contribution < 1.29 is 0 Å².